The lowest BCUT2D eigenvalue weighted by Gasteiger charge is -2.11. The number of carbonyl (C=O) groups excluding carboxylic acids is 1. The van der Waals surface area contributed by atoms with Crippen molar-refractivity contribution < 1.29 is 17.6 Å². The largest absolute Gasteiger partial charge is 0.322 e. The summed E-state index contributed by atoms with van der Waals surface area (Å²) in [4.78, 5) is 30.4. The van der Waals surface area contributed by atoms with Gasteiger partial charge in [0.2, 0.25) is 0 Å². The Morgan fingerprint density at radius 3 is 2.71 bits per heavy atom. The summed E-state index contributed by atoms with van der Waals surface area (Å²) in [7, 11) is -4.11. The van der Waals surface area contributed by atoms with Crippen molar-refractivity contribution in [3.63, 3.8) is 0 Å². The number of carbonyl (C=O) groups is 1. The van der Waals surface area contributed by atoms with Gasteiger partial charge in [0.15, 0.2) is 4.96 Å². The first-order valence-corrected chi connectivity index (χ1v) is 11.2. The van der Waals surface area contributed by atoms with Crippen molar-refractivity contribution >= 4 is 43.6 Å². The Hall–Kier alpha value is -3.57. The van der Waals surface area contributed by atoms with Gasteiger partial charge < -0.3 is 5.32 Å². The lowest BCUT2D eigenvalue weighted by Crippen LogP contribution is -2.26. The molecule has 0 bridgehead atoms. The number of benzene rings is 2. The molecule has 0 aliphatic heterocycles. The Morgan fingerprint density at radius 1 is 1.16 bits per heavy atom. The third-order valence-corrected chi connectivity index (χ3v) is 6.56. The van der Waals surface area contributed by atoms with E-state index in [1.807, 2.05) is 6.92 Å². The highest BCUT2D eigenvalue weighted by molar-refractivity contribution is 7.92. The van der Waals surface area contributed by atoms with Gasteiger partial charge in [-0.2, -0.15) is 0 Å². The highest BCUT2D eigenvalue weighted by Crippen LogP contribution is 2.21. The standard InChI is InChI=1S/C20H15FN4O4S2/c1-12-11-25-19(27)15(10-22-20(25)30-12)18(26)23-13-5-4-6-14(9-13)31(28,29)24-17-8-3-2-7-16(17)21/h2-11,24H,1H3,(H,23,26). The summed E-state index contributed by atoms with van der Waals surface area (Å²) in [5.41, 5.74) is -0.771. The molecule has 8 nitrogen and oxygen atoms in total. The monoisotopic (exact) mass is 458 g/mol. The number of anilines is 2. The van der Waals surface area contributed by atoms with Crippen LogP contribution < -0.4 is 15.6 Å². The van der Waals surface area contributed by atoms with Crippen molar-refractivity contribution in [3.8, 4) is 0 Å². The van der Waals surface area contributed by atoms with Crippen LogP contribution in [-0.4, -0.2) is 23.7 Å². The highest BCUT2D eigenvalue weighted by Gasteiger charge is 2.19. The number of aryl methyl sites for hydroxylation is 1. The van der Waals surface area contributed by atoms with Crippen LogP contribution in [0.2, 0.25) is 0 Å². The quantitative estimate of drug-likeness (QED) is 0.477. The summed E-state index contributed by atoms with van der Waals surface area (Å²) in [5.74, 6) is -1.45. The number of para-hydroxylation sites is 1. The average Bonchev–Trinajstić information content (AvgIpc) is 3.11. The molecule has 0 saturated heterocycles. The molecule has 1 amide bonds. The van der Waals surface area contributed by atoms with Crippen molar-refractivity contribution in [3.05, 3.63) is 87.5 Å². The number of rotatable bonds is 5. The number of nitrogens with one attached hydrogen (secondary N) is 2. The molecule has 0 fully saturated rings. The fourth-order valence-corrected chi connectivity index (χ4v) is 4.74. The van der Waals surface area contributed by atoms with Crippen LogP contribution in [0.4, 0.5) is 15.8 Å². The molecule has 0 saturated carbocycles. The maximum atomic E-state index is 13.8. The lowest BCUT2D eigenvalue weighted by atomic mass is 10.2. The maximum absolute atomic E-state index is 13.8. The topological polar surface area (TPSA) is 110 Å². The van der Waals surface area contributed by atoms with E-state index in [4.69, 9.17) is 0 Å². The Bertz CT molecular complexity index is 1480. The number of sulfonamides is 1. The Balaban J connectivity index is 1.60. The molecule has 31 heavy (non-hydrogen) atoms. The van der Waals surface area contributed by atoms with E-state index >= 15 is 0 Å². The van der Waals surface area contributed by atoms with Crippen LogP contribution in [0.1, 0.15) is 15.2 Å². The number of halogens is 1. The summed E-state index contributed by atoms with van der Waals surface area (Å²) in [6.45, 7) is 1.82. The van der Waals surface area contributed by atoms with Crippen LogP contribution in [0.3, 0.4) is 0 Å². The third-order valence-electron chi connectivity index (χ3n) is 4.29. The maximum Gasteiger partial charge on any atom is 0.271 e. The molecule has 0 spiro atoms. The second-order valence-electron chi connectivity index (χ2n) is 6.54. The molecule has 0 radical (unpaired) electrons. The van der Waals surface area contributed by atoms with Gasteiger partial charge in [0.1, 0.15) is 11.4 Å². The lowest BCUT2D eigenvalue weighted by molar-refractivity contribution is 0.102. The van der Waals surface area contributed by atoms with Crippen LogP contribution in [0.5, 0.6) is 0 Å². The highest BCUT2D eigenvalue weighted by atomic mass is 32.2. The second-order valence-corrected chi connectivity index (χ2v) is 9.43. The SMILES string of the molecule is Cc1cn2c(=O)c(C(=O)Nc3cccc(S(=O)(=O)Nc4ccccc4F)c3)cnc2s1. The van der Waals surface area contributed by atoms with Crippen molar-refractivity contribution in [2.75, 3.05) is 10.0 Å². The minimum absolute atomic E-state index is 0.146. The van der Waals surface area contributed by atoms with Crippen LogP contribution in [-0.2, 0) is 10.0 Å². The molecular weight excluding hydrogens is 443 g/mol. The van der Waals surface area contributed by atoms with Crippen molar-refractivity contribution in [2.24, 2.45) is 0 Å². The van der Waals surface area contributed by atoms with Crippen LogP contribution >= 0.6 is 11.3 Å². The molecule has 4 aromatic rings. The molecule has 2 aromatic heterocycles. The fraction of sp³-hybridized carbons (Fsp3) is 0.0500. The average molecular weight is 458 g/mol. The zero-order valence-corrected chi connectivity index (χ0v) is 17.6. The van der Waals surface area contributed by atoms with E-state index < -0.39 is 27.3 Å². The van der Waals surface area contributed by atoms with E-state index in [1.54, 1.807) is 6.20 Å². The van der Waals surface area contributed by atoms with E-state index in [9.17, 15) is 22.4 Å². The molecule has 0 unspecified atom stereocenters. The molecule has 2 heterocycles. The first-order valence-electron chi connectivity index (χ1n) is 8.91. The molecule has 0 aliphatic rings. The summed E-state index contributed by atoms with van der Waals surface area (Å²) in [5, 5.41) is 2.50. The van der Waals surface area contributed by atoms with Gasteiger partial charge in [-0.15, -0.1) is 11.3 Å². The Kier molecular flexibility index (Phi) is 5.29. The molecule has 2 N–H and O–H groups in total. The smallest absolute Gasteiger partial charge is 0.271 e. The first kappa shape index (κ1) is 20.7. The summed E-state index contributed by atoms with van der Waals surface area (Å²) < 4.78 is 42.5. The van der Waals surface area contributed by atoms with Crippen LogP contribution in [0.25, 0.3) is 4.96 Å². The van der Waals surface area contributed by atoms with E-state index in [2.05, 4.69) is 15.0 Å². The fourth-order valence-electron chi connectivity index (χ4n) is 2.84. The Morgan fingerprint density at radius 2 is 1.94 bits per heavy atom. The molecule has 0 aliphatic carbocycles. The molecule has 158 valence electrons. The van der Waals surface area contributed by atoms with E-state index in [0.29, 0.717) is 4.96 Å². The number of amides is 1. The van der Waals surface area contributed by atoms with Gasteiger partial charge in [0.25, 0.3) is 21.5 Å². The minimum atomic E-state index is -4.11. The zero-order chi connectivity index (χ0) is 22.2. The van der Waals surface area contributed by atoms with Gasteiger partial charge in [-0.25, -0.2) is 17.8 Å². The number of aromatic nitrogens is 2. The van der Waals surface area contributed by atoms with E-state index in [1.165, 1.54) is 64.4 Å². The van der Waals surface area contributed by atoms with Gasteiger partial charge in [-0.3, -0.25) is 18.7 Å². The molecular formula is C20H15FN4O4S2. The number of thiazole rings is 1. The number of fused-ring (bicyclic) bond motifs is 1. The van der Waals surface area contributed by atoms with Crippen LogP contribution in [0, 0.1) is 12.7 Å². The summed E-state index contributed by atoms with van der Waals surface area (Å²) in [6.07, 6.45) is 2.77. The number of hydrogen-bond acceptors (Lipinski definition) is 6. The molecule has 0 atom stereocenters. The van der Waals surface area contributed by atoms with Crippen LogP contribution in [0.15, 0.2) is 70.6 Å². The molecule has 2 aromatic carbocycles. The normalized spacial score (nSPS) is 11.4. The zero-order valence-electron chi connectivity index (χ0n) is 16.0. The molecule has 4 rings (SSSR count). The van der Waals surface area contributed by atoms with Crippen molar-refractivity contribution in [1.82, 2.24) is 9.38 Å². The van der Waals surface area contributed by atoms with Gasteiger partial charge in [0, 0.05) is 23.0 Å². The predicted octanol–water partition coefficient (Wildman–Crippen LogP) is 3.26. The second kappa shape index (κ2) is 7.93. The summed E-state index contributed by atoms with van der Waals surface area (Å²) >= 11 is 1.32. The van der Waals surface area contributed by atoms with E-state index in [-0.39, 0.29) is 21.8 Å². The van der Waals surface area contributed by atoms with Gasteiger partial charge in [-0.1, -0.05) is 18.2 Å². The van der Waals surface area contributed by atoms with Crippen molar-refractivity contribution in [2.45, 2.75) is 11.8 Å². The minimum Gasteiger partial charge on any atom is -0.322 e. The number of hydrogen-bond donors (Lipinski definition) is 2. The Labute approximate surface area is 180 Å². The van der Waals surface area contributed by atoms with Crippen molar-refractivity contribution in [1.29, 1.82) is 0 Å². The van der Waals surface area contributed by atoms with Gasteiger partial charge in [-0.05, 0) is 37.3 Å². The van der Waals surface area contributed by atoms with Gasteiger partial charge in [0.05, 0.1) is 10.6 Å². The summed E-state index contributed by atoms with van der Waals surface area (Å²) in [6, 6.07) is 10.8. The van der Waals surface area contributed by atoms with Gasteiger partial charge >= 0.3 is 0 Å². The third kappa shape index (κ3) is 4.18. The first-order chi connectivity index (χ1) is 14.7. The van der Waals surface area contributed by atoms with E-state index in [0.717, 1.165) is 10.9 Å². The molecule has 11 heteroatoms. The predicted molar refractivity (Wildman–Crippen MR) is 116 cm³/mol. The number of nitrogens with zero attached hydrogens (tertiary/aromatic N) is 2.